The summed E-state index contributed by atoms with van der Waals surface area (Å²) in [4.78, 5) is 12.0. The first-order chi connectivity index (χ1) is 10.5. The van der Waals surface area contributed by atoms with Crippen molar-refractivity contribution in [2.75, 3.05) is 13.2 Å². The van der Waals surface area contributed by atoms with E-state index in [0.29, 0.717) is 6.54 Å². The highest BCUT2D eigenvalue weighted by molar-refractivity contribution is 5.74. The summed E-state index contributed by atoms with van der Waals surface area (Å²) >= 11 is 0. The molecule has 22 heavy (non-hydrogen) atoms. The summed E-state index contributed by atoms with van der Waals surface area (Å²) in [5, 5.41) is 19.3. The molecule has 1 heterocycles. The number of hydrogen-bond acceptors (Lipinski definition) is 4. The van der Waals surface area contributed by atoms with Gasteiger partial charge in [0.2, 0.25) is 0 Å². The first-order valence-electron chi connectivity index (χ1n) is 8.03. The van der Waals surface area contributed by atoms with Crippen LogP contribution >= 0.6 is 0 Å². The molecular weight excluding hydrogens is 282 g/mol. The standard InChI is InChI=1S/C16H27N3O3/c1-11-13(12(2)22-19-11)6-5-9-17-15(21)18-14-7-4-8-16(14,3)10-20/h14,20H,4-10H2,1-3H3,(H2,17,18,21). The number of hydrogen-bond donors (Lipinski definition) is 3. The van der Waals surface area contributed by atoms with Crippen LogP contribution < -0.4 is 10.6 Å². The predicted octanol–water partition coefficient (Wildman–Crippen LogP) is 2.07. The van der Waals surface area contributed by atoms with Crippen molar-refractivity contribution in [2.45, 2.75) is 58.9 Å². The molecule has 6 nitrogen and oxygen atoms in total. The lowest BCUT2D eigenvalue weighted by atomic mass is 9.86. The molecule has 2 atom stereocenters. The molecule has 6 heteroatoms. The van der Waals surface area contributed by atoms with E-state index >= 15 is 0 Å². The van der Waals surface area contributed by atoms with Gasteiger partial charge in [0.15, 0.2) is 0 Å². The van der Waals surface area contributed by atoms with Crippen LogP contribution in [0.25, 0.3) is 0 Å². The molecule has 2 rings (SSSR count). The molecule has 124 valence electrons. The molecule has 1 aromatic heterocycles. The lowest BCUT2D eigenvalue weighted by Gasteiger charge is -2.30. The molecule has 2 unspecified atom stereocenters. The van der Waals surface area contributed by atoms with Crippen molar-refractivity contribution >= 4 is 6.03 Å². The fourth-order valence-corrected chi connectivity index (χ4v) is 3.20. The highest BCUT2D eigenvalue weighted by Crippen LogP contribution is 2.37. The normalized spacial score (nSPS) is 24.5. The van der Waals surface area contributed by atoms with Crippen molar-refractivity contribution in [3.05, 3.63) is 17.0 Å². The van der Waals surface area contributed by atoms with Crippen molar-refractivity contribution in [1.82, 2.24) is 15.8 Å². The predicted molar refractivity (Wildman–Crippen MR) is 83.7 cm³/mol. The lowest BCUT2D eigenvalue weighted by molar-refractivity contribution is 0.121. The molecule has 0 spiro atoms. The van der Waals surface area contributed by atoms with E-state index in [1.165, 1.54) is 0 Å². The van der Waals surface area contributed by atoms with Gasteiger partial charge in [-0.2, -0.15) is 0 Å². The van der Waals surface area contributed by atoms with E-state index in [1.807, 2.05) is 20.8 Å². The monoisotopic (exact) mass is 309 g/mol. The van der Waals surface area contributed by atoms with Crippen molar-refractivity contribution in [1.29, 1.82) is 0 Å². The summed E-state index contributed by atoms with van der Waals surface area (Å²) in [7, 11) is 0. The highest BCUT2D eigenvalue weighted by atomic mass is 16.5. The van der Waals surface area contributed by atoms with Crippen LogP contribution in [0.5, 0.6) is 0 Å². The Balaban J connectivity index is 1.70. The van der Waals surface area contributed by atoms with Gasteiger partial charge in [0, 0.05) is 23.6 Å². The molecular formula is C16H27N3O3. The van der Waals surface area contributed by atoms with Crippen LogP contribution in [-0.2, 0) is 6.42 Å². The number of aryl methyl sites for hydroxylation is 2. The van der Waals surface area contributed by atoms with Gasteiger partial charge in [-0.15, -0.1) is 0 Å². The number of carbonyl (C=O) groups is 1. The van der Waals surface area contributed by atoms with E-state index in [0.717, 1.165) is 49.1 Å². The Morgan fingerprint density at radius 2 is 2.27 bits per heavy atom. The van der Waals surface area contributed by atoms with Gasteiger partial charge in [0.1, 0.15) is 5.76 Å². The largest absolute Gasteiger partial charge is 0.396 e. The SMILES string of the molecule is Cc1noc(C)c1CCCNC(=O)NC1CCCC1(C)CO. The Labute approximate surface area is 131 Å². The third-order valence-electron chi connectivity index (χ3n) is 4.82. The zero-order valence-electron chi connectivity index (χ0n) is 13.7. The summed E-state index contributed by atoms with van der Waals surface area (Å²) in [5.74, 6) is 0.853. The Morgan fingerprint density at radius 1 is 1.50 bits per heavy atom. The summed E-state index contributed by atoms with van der Waals surface area (Å²) < 4.78 is 5.12. The Kier molecular flexibility index (Phi) is 5.45. The maximum atomic E-state index is 12.0. The van der Waals surface area contributed by atoms with Gasteiger partial charge < -0.3 is 20.3 Å². The van der Waals surface area contributed by atoms with Crippen molar-refractivity contribution in [3.8, 4) is 0 Å². The van der Waals surface area contributed by atoms with Crippen LogP contribution in [0.15, 0.2) is 4.52 Å². The Hall–Kier alpha value is -1.56. The minimum Gasteiger partial charge on any atom is -0.396 e. The average molecular weight is 309 g/mol. The topological polar surface area (TPSA) is 87.4 Å². The number of urea groups is 1. The number of nitrogens with zero attached hydrogens (tertiary/aromatic N) is 1. The molecule has 0 bridgehead atoms. The molecule has 2 amide bonds. The van der Waals surface area contributed by atoms with E-state index in [2.05, 4.69) is 15.8 Å². The second kappa shape index (κ2) is 7.13. The molecule has 0 aliphatic heterocycles. The molecule has 1 aliphatic rings. The lowest BCUT2D eigenvalue weighted by Crippen LogP contribution is -2.48. The van der Waals surface area contributed by atoms with Crippen LogP contribution in [0.2, 0.25) is 0 Å². The molecule has 1 aliphatic carbocycles. The average Bonchev–Trinajstić information content (AvgIpc) is 3.00. The zero-order chi connectivity index (χ0) is 16.2. The number of rotatable bonds is 6. The maximum Gasteiger partial charge on any atom is 0.315 e. The van der Waals surface area contributed by atoms with Crippen LogP contribution in [-0.4, -0.2) is 35.5 Å². The minimum atomic E-state index is -0.186. The summed E-state index contributed by atoms with van der Waals surface area (Å²) in [6.07, 6.45) is 4.63. The fourth-order valence-electron chi connectivity index (χ4n) is 3.20. The van der Waals surface area contributed by atoms with E-state index in [9.17, 15) is 9.90 Å². The van der Waals surface area contributed by atoms with E-state index < -0.39 is 0 Å². The van der Waals surface area contributed by atoms with Crippen LogP contribution in [0.3, 0.4) is 0 Å². The first kappa shape index (κ1) is 16.8. The van der Waals surface area contributed by atoms with Crippen LogP contribution in [0, 0.1) is 19.3 Å². The van der Waals surface area contributed by atoms with Crippen molar-refractivity contribution < 1.29 is 14.4 Å². The Bertz CT molecular complexity index is 495. The minimum absolute atomic E-state index is 0.0556. The number of aliphatic hydroxyl groups excluding tert-OH is 1. The molecule has 0 aromatic carbocycles. The smallest absolute Gasteiger partial charge is 0.315 e. The number of amides is 2. The number of aromatic nitrogens is 1. The van der Waals surface area contributed by atoms with Gasteiger partial charge in [-0.3, -0.25) is 0 Å². The van der Waals surface area contributed by atoms with E-state index in [4.69, 9.17) is 4.52 Å². The zero-order valence-corrected chi connectivity index (χ0v) is 13.7. The molecule has 1 fully saturated rings. The number of nitrogens with one attached hydrogen (secondary N) is 2. The first-order valence-corrected chi connectivity index (χ1v) is 8.03. The highest BCUT2D eigenvalue weighted by Gasteiger charge is 2.38. The van der Waals surface area contributed by atoms with Crippen LogP contribution in [0.4, 0.5) is 4.79 Å². The second-order valence-electron chi connectivity index (χ2n) is 6.56. The number of aliphatic hydroxyl groups is 1. The molecule has 0 radical (unpaired) electrons. The third kappa shape index (κ3) is 3.80. The van der Waals surface area contributed by atoms with Gasteiger partial charge in [-0.05, 0) is 39.5 Å². The fraction of sp³-hybridized carbons (Fsp3) is 0.750. The van der Waals surface area contributed by atoms with Gasteiger partial charge in [-0.25, -0.2) is 4.79 Å². The molecule has 1 aromatic rings. The maximum absolute atomic E-state index is 12.0. The van der Waals surface area contributed by atoms with E-state index in [-0.39, 0.29) is 24.1 Å². The molecule has 1 saturated carbocycles. The molecule has 0 saturated heterocycles. The summed E-state index contributed by atoms with van der Waals surface area (Å²) in [6, 6.07) is -0.0922. The second-order valence-corrected chi connectivity index (χ2v) is 6.56. The quantitative estimate of drug-likeness (QED) is 0.702. The number of carbonyl (C=O) groups excluding carboxylic acids is 1. The molecule has 3 N–H and O–H groups in total. The third-order valence-corrected chi connectivity index (χ3v) is 4.82. The Morgan fingerprint density at radius 3 is 2.91 bits per heavy atom. The summed E-state index contributed by atoms with van der Waals surface area (Å²) in [6.45, 7) is 6.60. The van der Waals surface area contributed by atoms with Gasteiger partial charge in [0.25, 0.3) is 0 Å². The van der Waals surface area contributed by atoms with E-state index in [1.54, 1.807) is 0 Å². The van der Waals surface area contributed by atoms with Gasteiger partial charge in [0.05, 0.1) is 12.3 Å². The van der Waals surface area contributed by atoms with Crippen molar-refractivity contribution in [3.63, 3.8) is 0 Å². The summed E-state index contributed by atoms with van der Waals surface area (Å²) in [5.41, 5.74) is 1.87. The van der Waals surface area contributed by atoms with Gasteiger partial charge >= 0.3 is 6.03 Å². The van der Waals surface area contributed by atoms with Gasteiger partial charge in [-0.1, -0.05) is 18.5 Å². The van der Waals surface area contributed by atoms with Crippen LogP contribution in [0.1, 0.15) is 49.6 Å². The van der Waals surface area contributed by atoms with Crippen molar-refractivity contribution in [2.24, 2.45) is 5.41 Å².